The van der Waals surface area contributed by atoms with E-state index in [-0.39, 0.29) is 23.3 Å². The molecule has 2 aliphatic rings. The van der Waals surface area contributed by atoms with Gasteiger partial charge in [0.1, 0.15) is 5.75 Å². The molecule has 0 bridgehead atoms. The van der Waals surface area contributed by atoms with E-state index in [1.807, 2.05) is 0 Å². The minimum Gasteiger partial charge on any atom is -0.534 e. The molecule has 5 N–H and O–H groups in total. The van der Waals surface area contributed by atoms with Gasteiger partial charge >= 0.3 is 13.1 Å². The first-order chi connectivity index (χ1) is 10.9. The molecule has 1 amide bonds. The number of fused-ring (bicyclic) bond motifs is 1. The number of hydrogen-bond acceptors (Lipinski definition) is 5. The van der Waals surface area contributed by atoms with Crippen molar-refractivity contribution in [2.45, 2.75) is 37.7 Å². The summed E-state index contributed by atoms with van der Waals surface area (Å²) in [5, 5.41) is 22.0. The second-order valence-electron chi connectivity index (χ2n) is 6.29. The monoisotopic (exact) mass is 318 g/mol. The van der Waals surface area contributed by atoms with Gasteiger partial charge in [0.05, 0.1) is 11.5 Å². The Balaban J connectivity index is 1.65. The highest BCUT2D eigenvalue weighted by atomic mass is 16.5. The van der Waals surface area contributed by atoms with E-state index in [0.717, 1.165) is 12.8 Å². The third-order valence-corrected chi connectivity index (χ3v) is 4.44. The van der Waals surface area contributed by atoms with Gasteiger partial charge in [0.25, 0.3) is 0 Å². The number of nitrogens with one attached hydrogen (secondary N) is 1. The van der Waals surface area contributed by atoms with E-state index in [1.54, 1.807) is 12.1 Å². The second-order valence-corrected chi connectivity index (χ2v) is 6.29. The number of amides is 1. The SMILES string of the molecule is NC1CC(CC(=O)N[C@H]2Cc3cccc(C(=O)O)c3OB2O)C1. The number of benzene rings is 1. The summed E-state index contributed by atoms with van der Waals surface area (Å²) >= 11 is 0. The first kappa shape index (κ1) is 15.8. The highest BCUT2D eigenvalue weighted by Crippen LogP contribution is 2.31. The van der Waals surface area contributed by atoms with Crippen LogP contribution >= 0.6 is 0 Å². The molecule has 1 saturated carbocycles. The van der Waals surface area contributed by atoms with Gasteiger partial charge in [-0.1, -0.05) is 12.1 Å². The molecule has 8 heteroatoms. The number of carboxylic acid groups (broad SMARTS) is 1. The van der Waals surface area contributed by atoms with Crippen molar-refractivity contribution in [1.29, 1.82) is 0 Å². The van der Waals surface area contributed by atoms with Crippen molar-refractivity contribution in [2.24, 2.45) is 11.7 Å². The lowest BCUT2D eigenvalue weighted by Gasteiger charge is -2.33. The Morgan fingerprint density at radius 1 is 1.39 bits per heavy atom. The summed E-state index contributed by atoms with van der Waals surface area (Å²) in [6.45, 7) is 0. The van der Waals surface area contributed by atoms with Gasteiger partial charge in [0.2, 0.25) is 5.91 Å². The lowest BCUT2D eigenvalue weighted by molar-refractivity contribution is -0.123. The van der Waals surface area contributed by atoms with Crippen molar-refractivity contribution >= 4 is 19.0 Å². The Hall–Kier alpha value is -2.06. The van der Waals surface area contributed by atoms with Crippen LogP contribution in [0.2, 0.25) is 0 Å². The quantitative estimate of drug-likeness (QED) is 0.578. The number of aromatic carboxylic acids is 1. The first-order valence-electron chi connectivity index (χ1n) is 7.69. The van der Waals surface area contributed by atoms with Crippen molar-refractivity contribution in [3.63, 3.8) is 0 Å². The van der Waals surface area contributed by atoms with Crippen molar-refractivity contribution in [2.75, 3.05) is 0 Å². The summed E-state index contributed by atoms with van der Waals surface area (Å²) in [7, 11) is -1.27. The molecule has 0 radical (unpaired) electrons. The van der Waals surface area contributed by atoms with Crippen LogP contribution in [0.5, 0.6) is 5.75 Å². The van der Waals surface area contributed by atoms with Gasteiger partial charge in [-0.25, -0.2) is 4.79 Å². The van der Waals surface area contributed by atoms with E-state index in [0.29, 0.717) is 24.3 Å². The number of hydrogen-bond donors (Lipinski definition) is 4. The summed E-state index contributed by atoms with van der Waals surface area (Å²) in [5.74, 6) is -1.38. The minimum absolute atomic E-state index is 0.00906. The molecule has 1 heterocycles. The summed E-state index contributed by atoms with van der Waals surface area (Å²) in [6.07, 6.45) is 2.41. The smallest absolute Gasteiger partial charge is 0.534 e. The van der Waals surface area contributed by atoms with Crippen LogP contribution in [-0.4, -0.2) is 41.1 Å². The lowest BCUT2D eigenvalue weighted by atomic mass is 9.72. The Kier molecular flexibility index (Phi) is 4.27. The van der Waals surface area contributed by atoms with Crippen LogP contribution in [0.4, 0.5) is 0 Å². The molecule has 0 aromatic heterocycles. The third kappa shape index (κ3) is 3.33. The van der Waals surface area contributed by atoms with Crippen LogP contribution in [0.25, 0.3) is 0 Å². The van der Waals surface area contributed by atoms with E-state index in [2.05, 4.69) is 5.32 Å². The zero-order valence-electron chi connectivity index (χ0n) is 12.6. The summed E-state index contributed by atoms with van der Waals surface area (Å²) in [4.78, 5) is 23.2. The number of nitrogens with two attached hydrogens (primary N) is 1. The van der Waals surface area contributed by atoms with Gasteiger partial charge < -0.3 is 25.8 Å². The maximum atomic E-state index is 12.0. The van der Waals surface area contributed by atoms with Gasteiger partial charge in [0.15, 0.2) is 0 Å². The zero-order valence-corrected chi connectivity index (χ0v) is 12.6. The lowest BCUT2D eigenvalue weighted by Crippen LogP contribution is -2.53. The van der Waals surface area contributed by atoms with Crippen LogP contribution < -0.4 is 15.7 Å². The first-order valence-corrected chi connectivity index (χ1v) is 7.69. The molecule has 1 atom stereocenters. The Bertz CT molecular complexity index is 632. The Labute approximate surface area is 134 Å². The molecule has 23 heavy (non-hydrogen) atoms. The number of carbonyl (C=O) groups excluding carboxylic acids is 1. The molecule has 1 aromatic rings. The predicted octanol–water partition coefficient (Wildman–Crippen LogP) is -0.0484. The van der Waals surface area contributed by atoms with Gasteiger partial charge in [-0.3, -0.25) is 4.79 Å². The molecule has 1 aromatic carbocycles. The molecular weight excluding hydrogens is 299 g/mol. The summed E-state index contributed by atoms with van der Waals surface area (Å²) < 4.78 is 5.34. The fourth-order valence-electron chi connectivity index (χ4n) is 3.20. The molecule has 7 nitrogen and oxygen atoms in total. The van der Waals surface area contributed by atoms with Gasteiger partial charge in [-0.15, -0.1) is 0 Å². The van der Waals surface area contributed by atoms with Crippen molar-refractivity contribution in [1.82, 2.24) is 5.32 Å². The highest BCUT2D eigenvalue weighted by Gasteiger charge is 2.38. The molecule has 0 spiro atoms. The molecule has 1 aliphatic heterocycles. The largest absolute Gasteiger partial charge is 0.547 e. The van der Waals surface area contributed by atoms with Gasteiger partial charge in [-0.05, 0) is 36.8 Å². The molecule has 0 unspecified atom stereocenters. The maximum absolute atomic E-state index is 12.0. The van der Waals surface area contributed by atoms with Gasteiger partial charge in [-0.2, -0.15) is 0 Å². The Morgan fingerprint density at radius 2 is 2.13 bits per heavy atom. The standard InChI is InChI=1S/C15H19BN2O5/c17-10-4-8(5-10)6-13(19)18-12-7-9-2-1-3-11(15(20)21)14(9)23-16(12)22/h1-3,8,10,12,22H,4-7,17H2,(H,18,19)(H,20,21)/t8?,10?,12-/m0/s1. The van der Waals surface area contributed by atoms with E-state index < -0.39 is 19.0 Å². The molecule has 1 aliphatic carbocycles. The second kappa shape index (κ2) is 6.21. The van der Waals surface area contributed by atoms with Crippen molar-refractivity contribution in [3.05, 3.63) is 29.3 Å². The third-order valence-electron chi connectivity index (χ3n) is 4.44. The molecule has 0 saturated heterocycles. The zero-order chi connectivity index (χ0) is 16.6. The maximum Gasteiger partial charge on any atom is 0.547 e. The number of para-hydroxylation sites is 1. The average molecular weight is 318 g/mol. The van der Waals surface area contributed by atoms with Crippen LogP contribution in [0.1, 0.15) is 35.2 Å². The van der Waals surface area contributed by atoms with E-state index in [1.165, 1.54) is 6.07 Å². The minimum atomic E-state index is -1.27. The van der Waals surface area contributed by atoms with Crippen molar-refractivity contribution < 1.29 is 24.4 Å². The average Bonchev–Trinajstić information content (AvgIpc) is 2.45. The number of carboxylic acids is 1. The predicted molar refractivity (Wildman–Crippen MR) is 83.0 cm³/mol. The van der Waals surface area contributed by atoms with Crippen molar-refractivity contribution in [3.8, 4) is 5.75 Å². The van der Waals surface area contributed by atoms with Crippen LogP contribution in [0.3, 0.4) is 0 Å². The molecule has 1 fully saturated rings. The number of rotatable bonds is 4. The number of carbonyl (C=O) groups is 2. The van der Waals surface area contributed by atoms with E-state index in [9.17, 15) is 14.6 Å². The normalized spacial score (nSPS) is 25.8. The van der Waals surface area contributed by atoms with Gasteiger partial charge in [0, 0.05) is 12.5 Å². The highest BCUT2D eigenvalue weighted by molar-refractivity contribution is 6.47. The molecular formula is C15H19BN2O5. The summed E-state index contributed by atoms with van der Waals surface area (Å²) in [6, 6.07) is 4.97. The van der Waals surface area contributed by atoms with E-state index in [4.69, 9.17) is 15.5 Å². The fraction of sp³-hybridized carbons (Fsp3) is 0.467. The summed E-state index contributed by atoms with van der Waals surface area (Å²) in [5.41, 5.74) is 6.37. The van der Waals surface area contributed by atoms with E-state index >= 15 is 0 Å². The fourth-order valence-corrected chi connectivity index (χ4v) is 3.20. The Morgan fingerprint density at radius 3 is 2.78 bits per heavy atom. The van der Waals surface area contributed by atoms with Crippen LogP contribution in [0, 0.1) is 5.92 Å². The molecule has 122 valence electrons. The molecule has 3 rings (SSSR count). The topological polar surface area (TPSA) is 122 Å². The van der Waals surface area contributed by atoms with Crippen LogP contribution in [0.15, 0.2) is 18.2 Å². The van der Waals surface area contributed by atoms with Crippen LogP contribution in [-0.2, 0) is 11.2 Å².